The maximum Gasteiger partial charge on any atom is 0.147 e. The third-order valence-corrected chi connectivity index (χ3v) is 3.80. The monoisotopic (exact) mass is 254 g/mol. The molecule has 0 bridgehead atoms. The highest BCUT2D eigenvalue weighted by Gasteiger charge is 2.20. The second-order valence-electron chi connectivity index (χ2n) is 4.71. The summed E-state index contributed by atoms with van der Waals surface area (Å²) in [5.41, 5.74) is 0.760. The zero-order chi connectivity index (χ0) is 12.3. The summed E-state index contributed by atoms with van der Waals surface area (Å²) < 4.78 is 0. The van der Waals surface area contributed by atoms with Crippen LogP contribution in [0.4, 0.5) is 5.82 Å². The van der Waals surface area contributed by atoms with Crippen molar-refractivity contribution in [2.24, 2.45) is 0 Å². The Balaban J connectivity index is 2.15. The first-order valence-corrected chi connectivity index (χ1v) is 6.58. The third-order valence-electron chi connectivity index (χ3n) is 3.52. The standard InChI is InChI=1S/C13H19ClN2O/c1-16(11-5-3-2-4-6-11)13-12(14)7-10(9-17)8-15-13/h7-8,11,17H,2-6,9H2,1H3. The maximum absolute atomic E-state index is 9.03. The highest BCUT2D eigenvalue weighted by Crippen LogP contribution is 2.29. The number of halogens is 1. The molecule has 0 spiro atoms. The number of rotatable bonds is 3. The van der Waals surface area contributed by atoms with Gasteiger partial charge in [-0.3, -0.25) is 0 Å². The Kier molecular flexibility index (Phi) is 4.24. The highest BCUT2D eigenvalue weighted by molar-refractivity contribution is 6.33. The average Bonchev–Trinajstić information content (AvgIpc) is 2.39. The van der Waals surface area contributed by atoms with Gasteiger partial charge in [0.25, 0.3) is 0 Å². The van der Waals surface area contributed by atoms with Crippen LogP contribution in [0.5, 0.6) is 0 Å². The van der Waals surface area contributed by atoms with Crippen molar-refractivity contribution in [3.05, 3.63) is 22.8 Å². The fraction of sp³-hybridized carbons (Fsp3) is 0.615. The second kappa shape index (κ2) is 5.69. The van der Waals surface area contributed by atoms with Crippen molar-refractivity contribution in [2.45, 2.75) is 44.8 Å². The Hall–Kier alpha value is -0.800. The van der Waals surface area contributed by atoms with Gasteiger partial charge in [0, 0.05) is 19.3 Å². The third kappa shape index (κ3) is 2.90. The molecular formula is C13H19ClN2O. The van der Waals surface area contributed by atoms with Crippen LogP contribution in [0.1, 0.15) is 37.7 Å². The van der Waals surface area contributed by atoms with Gasteiger partial charge in [0.2, 0.25) is 0 Å². The van der Waals surface area contributed by atoms with E-state index in [9.17, 15) is 0 Å². The molecule has 1 aromatic heterocycles. The number of aliphatic hydroxyl groups excluding tert-OH is 1. The Morgan fingerprint density at radius 1 is 1.41 bits per heavy atom. The molecule has 1 fully saturated rings. The van der Waals surface area contributed by atoms with Gasteiger partial charge in [0.05, 0.1) is 11.6 Å². The first kappa shape index (κ1) is 12.7. The summed E-state index contributed by atoms with van der Waals surface area (Å²) in [5.74, 6) is 0.829. The van der Waals surface area contributed by atoms with Crippen LogP contribution in [0.2, 0.25) is 5.02 Å². The Bertz CT molecular complexity index is 378. The van der Waals surface area contributed by atoms with E-state index in [2.05, 4.69) is 16.9 Å². The van der Waals surface area contributed by atoms with Crippen LogP contribution in [-0.2, 0) is 6.61 Å². The number of hydrogen-bond acceptors (Lipinski definition) is 3. The van der Waals surface area contributed by atoms with Gasteiger partial charge in [0.1, 0.15) is 5.82 Å². The summed E-state index contributed by atoms with van der Waals surface area (Å²) in [5, 5.41) is 9.66. The second-order valence-corrected chi connectivity index (χ2v) is 5.12. The normalized spacial score (nSPS) is 17.1. The minimum atomic E-state index is -0.0137. The predicted molar refractivity (Wildman–Crippen MR) is 70.4 cm³/mol. The molecule has 0 aromatic carbocycles. The largest absolute Gasteiger partial charge is 0.392 e. The van der Waals surface area contributed by atoms with E-state index >= 15 is 0 Å². The summed E-state index contributed by atoms with van der Waals surface area (Å²) in [4.78, 5) is 6.54. The van der Waals surface area contributed by atoms with Crippen LogP contribution in [0.3, 0.4) is 0 Å². The molecule has 17 heavy (non-hydrogen) atoms. The van der Waals surface area contributed by atoms with E-state index in [0.717, 1.165) is 11.4 Å². The summed E-state index contributed by atoms with van der Waals surface area (Å²) in [6, 6.07) is 2.34. The van der Waals surface area contributed by atoms with Gasteiger partial charge >= 0.3 is 0 Å². The van der Waals surface area contributed by atoms with E-state index in [1.165, 1.54) is 32.1 Å². The number of hydrogen-bond donors (Lipinski definition) is 1. The van der Waals surface area contributed by atoms with Crippen molar-refractivity contribution in [3.63, 3.8) is 0 Å². The number of aromatic nitrogens is 1. The number of nitrogens with zero attached hydrogens (tertiary/aromatic N) is 2. The minimum Gasteiger partial charge on any atom is -0.392 e. The first-order chi connectivity index (χ1) is 8.22. The van der Waals surface area contributed by atoms with Gasteiger partial charge in [-0.05, 0) is 24.5 Å². The number of pyridine rings is 1. The zero-order valence-electron chi connectivity index (χ0n) is 10.2. The van der Waals surface area contributed by atoms with Gasteiger partial charge < -0.3 is 10.0 Å². The molecule has 3 nitrogen and oxygen atoms in total. The van der Waals surface area contributed by atoms with Crippen LogP contribution in [0.25, 0.3) is 0 Å². The van der Waals surface area contributed by atoms with E-state index in [1.54, 1.807) is 12.3 Å². The fourth-order valence-corrected chi connectivity index (χ4v) is 2.78. The molecule has 1 N–H and O–H groups in total. The summed E-state index contributed by atoms with van der Waals surface area (Å²) >= 11 is 6.21. The summed E-state index contributed by atoms with van der Waals surface area (Å²) in [7, 11) is 2.06. The van der Waals surface area contributed by atoms with E-state index < -0.39 is 0 Å². The van der Waals surface area contributed by atoms with Gasteiger partial charge in [-0.1, -0.05) is 30.9 Å². The molecule has 0 aliphatic heterocycles. The van der Waals surface area contributed by atoms with Crippen molar-refractivity contribution in [1.82, 2.24) is 4.98 Å². The van der Waals surface area contributed by atoms with E-state index in [0.29, 0.717) is 11.1 Å². The SMILES string of the molecule is CN(c1ncc(CO)cc1Cl)C1CCCCC1. The van der Waals surface area contributed by atoms with Crippen LogP contribution in [0, 0.1) is 0 Å². The smallest absolute Gasteiger partial charge is 0.147 e. The summed E-state index contributed by atoms with van der Waals surface area (Å²) in [6.45, 7) is -0.0137. The van der Waals surface area contributed by atoms with Crippen LogP contribution in [0.15, 0.2) is 12.3 Å². The van der Waals surface area contributed by atoms with E-state index in [4.69, 9.17) is 16.7 Å². The molecule has 1 aromatic rings. The van der Waals surface area contributed by atoms with Crippen molar-refractivity contribution < 1.29 is 5.11 Å². The van der Waals surface area contributed by atoms with Crippen LogP contribution < -0.4 is 4.90 Å². The molecule has 94 valence electrons. The van der Waals surface area contributed by atoms with Gasteiger partial charge in [-0.15, -0.1) is 0 Å². The lowest BCUT2D eigenvalue weighted by atomic mass is 9.94. The van der Waals surface area contributed by atoms with E-state index in [-0.39, 0.29) is 6.61 Å². The molecule has 0 amide bonds. The average molecular weight is 255 g/mol. The fourth-order valence-electron chi connectivity index (χ4n) is 2.46. The minimum absolute atomic E-state index is 0.0137. The lowest BCUT2D eigenvalue weighted by Crippen LogP contribution is -2.34. The lowest BCUT2D eigenvalue weighted by Gasteiger charge is -2.32. The Morgan fingerprint density at radius 2 is 2.12 bits per heavy atom. The molecule has 0 saturated heterocycles. The molecule has 1 aliphatic carbocycles. The van der Waals surface area contributed by atoms with Crippen LogP contribution in [-0.4, -0.2) is 23.2 Å². The van der Waals surface area contributed by atoms with Gasteiger partial charge in [-0.2, -0.15) is 0 Å². The van der Waals surface area contributed by atoms with Crippen molar-refractivity contribution >= 4 is 17.4 Å². The van der Waals surface area contributed by atoms with Crippen molar-refractivity contribution in [2.75, 3.05) is 11.9 Å². The maximum atomic E-state index is 9.03. The number of aliphatic hydroxyl groups is 1. The highest BCUT2D eigenvalue weighted by atomic mass is 35.5. The molecule has 4 heteroatoms. The quantitative estimate of drug-likeness (QED) is 0.901. The molecule has 1 heterocycles. The van der Waals surface area contributed by atoms with Gasteiger partial charge in [0.15, 0.2) is 0 Å². The van der Waals surface area contributed by atoms with E-state index in [1.807, 2.05) is 0 Å². The first-order valence-electron chi connectivity index (χ1n) is 6.20. The molecular weight excluding hydrogens is 236 g/mol. The van der Waals surface area contributed by atoms with Crippen molar-refractivity contribution in [1.29, 1.82) is 0 Å². The molecule has 1 saturated carbocycles. The molecule has 0 radical (unpaired) electrons. The zero-order valence-corrected chi connectivity index (χ0v) is 11.0. The molecule has 0 atom stereocenters. The molecule has 2 rings (SSSR count). The lowest BCUT2D eigenvalue weighted by molar-refractivity contribution is 0.281. The molecule has 0 unspecified atom stereocenters. The topological polar surface area (TPSA) is 36.4 Å². The number of anilines is 1. The Morgan fingerprint density at radius 3 is 2.71 bits per heavy atom. The predicted octanol–water partition coefficient (Wildman–Crippen LogP) is 3.00. The van der Waals surface area contributed by atoms with Gasteiger partial charge in [-0.25, -0.2) is 4.98 Å². The molecule has 1 aliphatic rings. The van der Waals surface area contributed by atoms with Crippen molar-refractivity contribution in [3.8, 4) is 0 Å². The Labute approximate surface area is 107 Å². The summed E-state index contributed by atoms with van der Waals surface area (Å²) in [6.07, 6.45) is 8.06. The van der Waals surface area contributed by atoms with Crippen LogP contribution >= 0.6 is 11.6 Å².